The number of ether oxygens (including phenoxy) is 2. The summed E-state index contributed by atoms with van der Waals surface area (Å²) in [5.41, 5.74) is 3.80. The Hall–Kier alpha value is -3.72. The van der Waals surface area contributed by atoms with Crippen molar-refractivity contribution in [1.82, 2.24) is 19.4 Å². The minimum Gasteiger partial charge on any atom is -0.479 e. The maximum Gasteiger partial charge on any atom is 0.334 e. The second kappa shape index (κ2) is 16.8. The highest BCUT2D eigenvalue weighted by atomic mass is 32.2. The predicted molar refractivity (Wildman–Crippen MR) is 177 cm³/mol. The molecule has 3 heterocycles. The number of carbonyl (C=O) groups is 2. The summed E-state index contributed by atoms with van der Waals surface area (Å²) >= 11 is 0. The number of imidazole rings is 1. The molecule has 2 aromatic heterocycles. The van der Waals surface area contributed by atoms with Crippen molar-refractivity contribution in [3.63, 3.8) is 0 Å². The van der Waals surface area contributed by atoms with Crippen LogP contribution in [-0.2, 0) is 59.4 Å². The van der Waals surface area contributed by atoms with Gasteiger partial charge in [0.15, 0.2) is 6.10 Å². The maximum atomic E-state index is 12.4. The number of aliphatic hydroxyl groups excluding tert-OH is 1. The molecule has 0 amide bonds. The van der Waals surface area contributed by atoms with Gasteiger partial charge in [-0.1, -0.05) is 6.07 Å². The van der Waals surface area contributed by atoms with Crippen LogP contribution >= 0.6 is 0 Å². The Morgan fingerprint density at radius 2 is 1.69 bits per heavy atom. The van der Waals surface area contributed by atoms with Crippen LogP contribution in [0.1, 0.15) is 37.8 Å². The van der Waals surface area contributed by atoms with E-state index in [-0.39, 0.29) is 12.1 Å². The van der Waals surface area contributed by atoms with E-state index in [4.69, 9.17) is 23.6 Å². The lowest BCUT2D eigenvalue weighted by molar-refractivity contribution is -0.161. The van der Waals surface area contributed by atoms with Crippen LogP contribution in [-0.4, -0.2) is 105 Å². The van der Waals surface area contributed by atoms with Crippen molar-refractivity contribution in [3.8, 4) is 11.4 Å². The van der Waals surface area contributed by atoms with Crippen LogP contribution < -0.4 is 10.9 Å². The van der Waals surface area contributed by atoms with Crippen LogP contribution in [0.25, 0.3) is 22.4 Å². The third-order valence-electron chi connectivity index (χ3n) is 7.51. The summed E-state index contributed by atoms with van der Waals surface area (Å²) in [5, 5.41) is 22.2. The fraction of sp³-hybridized carbons (Fsp3) is 0.533. The quantitative estimate of drug-likeness (QED) is 0.120. The smallest absolute Gasteiger partial charge is 0.334 e. The maximum absolute atomic E-state index is 12.4. The Labute approximate surface area is 283 Å². The molecular weight excluding hydrogens is 688 g/mol. The van der Waals surface area contributed by atoms with Crippen molar-refractivity contribution in [2.24, 2.45) is 13.0 Å². The molecule has 0 saturated carbocycles. The van der Waals surface area contributed by atoms with Gasteiger partial charge in [-0.15, -0.1) is 0 Å². The molecule has 0 unspecified atom stereocenters. The molecule has 1 saturated heterocycles. The molecule has 17 nitrogen and oxygen atoms in total. The van der Waals surface area contributed by atoms with Gasteiger partial charge in [0.05, 0.1) is 28.6 Å². The lowest BCUT2D eigenvalue weighted by atomic mass is 10.00. The van der Waals surface area contributed by atoms with Crippen molar-refractivity contribution >= 4 is 43.2 Å². The van der Waals surface area contributed by atoms with E-state index in [1.807, 2.05) is 24.3 Å². The molecule has 2 atom stereocenters. The fourth-order valence-corrected chi connectivity index (χ4v) is 6.77. The summed E-state index contributed by atoms with van der Waals surface area (Å²) in [6.45, 7) is 7.40. The number of hydrogen-bond donors (Lipinski definition) is 5. The van der Waals surface area contributed by atoms with Gasteiger partial charge in [-0.05, 0) is 63.3 Å². The summed E-state index contributed by atoms with van der Waals surface area (Å²) in [7, 11) is -6.87. The van der Waals surface area contributed by atoms with Crippen molar-refractivity contribution in [2.75, 3.05) is 24.7 Å². The van der Waals surface area contributed by atoms with Crippen LogP contribution in [0, 0.1) is 12.8 Å². The number of fused-ring (bicyclic) bond motifs is 1. The van der Waals surface area contributed by atoms with E-state index in [1.165, 1.54) is 0 Å². The van der Waals surface area contributed by atoms with E-state index in [0.717, 1.165) is 60.6 Å². The molecule has 1 fully saturated rings. The summed E-state index contributed by atoms with van der Waals surface area (Å²) in [6, 6.07) is 6.12. The first-order valence-corrected chi connectivity index (χ1v) is 18.5. The largest absolute Gasteiger partial charge is 0.479 e. The van der Waals surface area contributed by atoms with Crippen molar-refractivity contribution < 1.29 is 55.2 Å². The van der Waals surface area contributed by atoms with Gasteiger partial charge in [0.2, 0.25) is 0 Å². The number of carbonyl (C=O) groups excluding carboxylic acids is 1. The molecule has 3 aromatic rings. The SMILES string of the molecule is Cc1cc(-c2nc3cc(CN[C@H](C(=O)OC(C)C)[C@@H](O)C(=O)O)ccc3n2CC2CCOCC2)cn(C)c1=O.O=S(=O)(O)CCS(=O)(=O)O. The average molecular weight is 731 g/mol. The molecule has 5 N–H and O–H groups in total. The number of aliphatic hydroxyl groups is 1. The number of carboxylic acids is 1. The van der Waals surface area contributed by atoms with Gasteiger partial charge in [-0.25, -0.2) is 9.78 Å². The van der Waals surface area contributed by atoms with Crippen molar-refractivity contribution in [3.05, 3.63) is 51.9 Å². The standard InChI is InChI=1S/C28H36N4O7.C2H6O6S2/c1-16(2)39-28(37)23(24(33)27(35)36)29-13-19-5-6-22-21(12-19)30-25(20-11-17(3)26(34)31(4)15-20)32(22)14-18-7-9-38-10-8-18;3-9(4,5)1-2-10(6,7)8/h5-6,11-12,15-16,18,23-24,29,33H,7-10,13-14H2,1-4H3,(H,35,36);1-2H2,(H,3,4,5)(H,6,7,8)/t23-,24+;/m0./s1. The van der Waals surface area contributed by atoms with Gasteiger partial charge in [-0.2, -0.15) is 16.8 Å². The molecule has 4 rings (SSSR count). The first-order valence-electron chi connectivity index (χ1n) is 15.3. The third kappa shape index (κ3) is 12.0. The molecule has 19 heteroatoms. The van der Waals surface area contributed by atoms with E-state index in [1.54, 1.807) is 38.6 Å². The van der Waals surface area contributed by atoms with E-state index >= 15 is 0 Å². The highest BCUT2D eigenvalue weighted by Gasteiger charge is 2.33. The minimum absolute atomic E-state index is 0.0618. The first kappa shape index (κ1) is 39.7. The normalized spacial score (nSPS) is 15.4. The molecular formula is C30H42N4O13S2. The number of aryl methyl sites for hydroxylation is 2. The Bertz CT molecular complexity index is 1860. The van der Waals surface area contributed by atoms with Crippen molar-refractivity contribution in [2.45, 2.75) is 65.0 Å². The number of nitrogens with one attached hydrogen (secondary N) is 1. The Balaban J connectivity index is 0.000000565. The zero-order valence-corrected chi connectivity index (χ0v) is 29.1. The molecule has 0 spiro atoms. The third-order valence-corrected chi connectivity index (χ3v) is 9.21. The summed E-state index contributed by atoms with van der Waals surface area (Å²) in [4.78, 5) is 41.1. The summed E-state index contributed by atoms with van der Waals surface area (Å²) in [5.74, 6) is -3.14. The second-order valence-corrected chi connectivity index (χ2v) is 15.1. The topological polar surface area (TPSA) is 254 Å². The molecule has 1 aliphatic rings. The summed E-state index contributed by atoms with van der Waals surface area (Å²) in [6.07, 6.45) is 1.27. The zero-order valence-electron chi connectivity index (χ0n) is 27.5. The van der Waals surface area contributed by atoms with Gasteiger partial charge < -0.3 is 28.8 Å². The van der Waals surface area contributed by atoms with Crippen molar-refractivity contribution in [1.29, 1.82) is 0 Å². The van der Waals surface area contributed by atoms with E-state index in [9.17, 15) is 41.4 Å². The molecule has 272 valence electrons. The molecule has 1 aromatic carbocycles. The number of carboxylic acid groups (broad SMARTS) is 1. The average Bonchev–Trinajstić information content (AvgIpc) is 3.35. The molecule has 0 aliphatic carbocycles. The fourth-order valence-electron chi connectivity index (χ4n) is 5.09. The molecule has 0 radical (unpaired) electrons. The van der Waals surface area contributed by atoms with E-state index in [0.29, 0.717) is 11.5 Å². The predicted octanol–water partition coefficient (Wildman–Crippen LogP) is 0.754. The molecule has 0 bridgehead atoms. The molecule has 1 aliphatic heterocycles. The summed E-state index contributed by atoms with van der Waals surface area (Å²) < 4.78 is 69.8. The number of pyridine rings is 1. The number of nitrogens with zero attached hydrogens (tertiary/aromatic N) is 3. The molecule has 49 heavy (non-hydrogen) atoms. The lowest BCUT2D eigenvalue weighted by Crippen LogP contribution is -2.50. The van der Waals surface area contributed by atoms with E-state index in [2.05, 4.69) is 9.88 Å². The number of aromatic nitrogens is 3. The zero-order chi connectivity index (χ0) is 36.7. The van der Waals surface area contributed by atoms with Gasteiger partial charge >= 0.3 is 11.9 Å². The highest BCUT2D eigenvalue weighted by Crippen LogP contribution is 2.29. The number of aliphatic carboxylic acids is 1. The highest BCUT2D eigenvalue weighted by molar-refractivity contribution is 7.89. The Morgan fingerprint density at radius 1 is 1.08 bits per heavy atom. The number of hydrogen-bond acceptors (Lipinski definition) is 12. The van der Waals surface area contributed by atoms with Crippen LogP contribution in [0.3, 0.4) is 0 Å². The van der Waals surface area contributed by atoms with Gasteiger partial charge in [0, 0.05) is 50.7 Å². The lowest BCUT2D eigenvalue weighted by Gasteiger charge is -2.23. The minimum atomic E-state index is -4.30. The number of rotatable bonds is 13. The monoisotopic (exact) mass is 730 g/mol. The van der Waals surface area contributed by atoms with Gasteiger partial charge in [0.1, 0.15) is 11.9 Å². The van der Waals surface area contributed by atoms with Gasteiger partial charge in [0.25, 0.3) is 25.8 Å². The van der Waals surface area contributed by atoms with E-state index < -0.39 is 61.9 Å². The van der Waals surface area contributed by atoms with Gasteiger partial charge in [-0.3, -0.25) is 24.0 Å². The Kier molecular flexibility index (Phi) is 13.6. The number of esters is 1. The van der Waals surface area contributed by atoms with Crippen LogP contribution in [0.15, 0.2) is 35.3 Å². The second-order valence-electron chi connectivity index (χ2n) is 12.0. The van der Waals surface area contributed by atoms with Crippen LogP contribution in [0.2, 0.25) is 0 Å². The first-order chi connectivity index (χ1) is 22.8. The number of benzene rings is 1. The van der Waals surface area contributed by atoms with Crippen LogP contribution in [0.4, 0.5) is 0 Å². The Morgan fingerprint density at radius 3 is 2.22 bits per heavy atom. The van der Waals surface area contributed by atoms with Crippen LogP contribution in [0.5, 0.6) is 0 Å².